The molecule has 1 aromatic carbocycles. The fourth-order valence-corrected chi connectivity index (χ4v) is 2.11. The molecular weight excluding hydrogens is 308 g/mol. The zero-order chi connectivity index (χ0) is 10.4. The van der Waals surface area contributed by atoms with Gasteiger partial charge < -0.3 is 4.74 Å². The van der Waals surface area contributed by atoms with E-state index in [9.17, 15) is 0 Å². The molecule has 0 amide bonds. The predicted octanol–water partition coefficient (Wildman–Crippen LogP) is 3.92. The zero-order valence-electron chi connectivity index (χ0n) is 8.12. The van der Waals surface area contributed by atoms with Crippen molar-refractivity contribution < 1.29 is 4.74 Å². The van der Waals surface area contributed by atoms with E-state index in [-0.39, 0.29) is 6.10 Å². The van der Waals surface area contributed by atoms with Gasteiger partial charge in [0.05, 0.1) is 10.9 Å². The number of ether oxygens (including phenoxy) is 1. The number of hydrogen-bond acceptors (Lipinski definition) is 1. The molecule has 1 aromatic rings. The van der Waals surface area contributed by atoms with Gasteiger partial charge in [-0.25, -0.2) is 0 Å². The molecule has 78 valence electrons. The van der Waals surface area contributed by atoms with Crippen molar-refractivity contribution in [3.63, 3.8) is 0 Å². The molecule has 1 rings (SSSR count). The first-order valence-electron chi connectivity index (χ1n) is 4.66. The number of hydrogen-bond donors (Lipinski definition) is 0. The minimum atomic E-state index is 0.126. The Morgan fingerprint density at radius 3 is 2.43 bits per heavy atom. The lowest BCUT2D eigenvalue weighted by Crippen LogP contribution is -2.17. The van der Waals surface area contributed by atoms with Gasteiger partial charge in [0.2, 0.25) is 0 Å². The first-order chi connectivity index (χ1) is 6.79. The number of alkyl halides is 2. The molecule has 0 heterocycles. The van der Waals surface area contributed by atoms with E-state index >= 15 is 0 Å². The molecule has 3 heteroatoms. The summed E-state index contributed by atoms with van der Waals surface area (Å²) in [6.45, 7) is 2.75. The first kappa shape index (κ1) is 12.2. The lowest BCUT2D eigenvalue weighted by molar-refractivity contribution is 0.0661. The topological polar surface area (TPSA) is 9.23 Å². The molecule has 0 fully saturated rings. The van der Waals surface area contributed by atoms with Crippen LogP contribution in [0.25, 0.3) is 0 Å². The third kappa shape index (κ3) is 3.37. The molecule has 0 spiro atoms. The highest BCUT2D eigenvalue weighted by Crippen LogP contribution is 2.27. The normalized spacial score (nSPS) is 15.1. The average molecular weight is 322 g/mol. The van der Waals surface area contributed by atoms with E-state index in [4.69, 9.17) is 4.74 Å². The Morgan fingerprint density at radius 2 is 1.93 bits per heavy atom. The molecule has 0 bridgehead atoms. The van der Waals surface area contributed by atoms with E-state index < -0.39 is 0 Å². The van der Waals surface area contributed by atoms with Crippen molar-refractivity contribution in [1.29, 1.82) is 0 Å². The van der Waals surface area contributed by atoms with Gasteiger partial charge in [-0.2, -0.15) is 0 Å². The molecule has 0 aromatic heterocycles. The van der Waals surface area contributed by atoms with Crippen LogP contribution in [0.3, 0.4) is 0 Å². The summed E-state index contributed by atoms with van der Waals surface area (Å²) in [5.74, 6) is 0. The van der Waals surface area contributed by atoms with Crippen molar-refractivity contribution in [3.05, 3.63) is 35.9 Å². The Kier molecular flexibility index (Phi) is 5.75. The fourth-order valence-electron chi connectivity index (χ4n) is 1.31. The number of halogens is 2. The Balaban J connectivity index is 2.77. The van der Waals surface area contributed by atoms with Gasteiger partial charge in [-0.15, -0.1) is 0 Å². The molecule has 1 nitrogen and oxygen atoms in total. The second-order valence-corrected chi connectivity index (χ2v) is 4.78. The fraction of sp³-hybridized carbons (Fsp3) is 0.455. The second-order valence-electron chi connectivity index (χ2n) is 2.96. The number of rotatable bonds is 5. The molecule has 2 atom stereocenters. The lowest BCUT2D eigenvalue weighted by atomic mass is 10.1. The molecule has 2 unspecified atom stereocenters. The van der Waals surface area contributed by atoms with Crippen molar-refractivity contribution in [1.82, 2.24) is 0 Å². The number of benzene rings is 1. The largest absolute Gasteiger partial charge is 0.373 e. The van der Waals surface area contributed by atoms with E-state index in [1.165, 1.54) is 5.56 Å². The van der Waals surface area contributed by atoms with E-state index in [1.54, 1.807) is 0 Å². The van der Waals surface area contributed by atoms with Crippen LogP contribution in [-0.2, 0) is 4.74 Å². The average Bonchev–Trinajstić information content (AvgIpc) is 2.26. The molecule has 0 radical (unpaired) electrons. The van der Waals surface area contributed by atoms with Crippen LogP contribution in [-0.4, -0.2) is 16.8 Å². The van der Waals surface area contributed by atoms with Crippen molar-refractivity contribution >= 4 is 31.9 Å². The molecule has 0 aliphatic heterocycles. The smallest absolute Gasteiger partial charge is 0.0957 e. The maximum atomic E-state index is 5.70. The summed E-state index contributed by atoms with van der Waals surface area (Å²) < 4.78 is 5.70. The first-order valence-corrected chi connectivity index (χ1v) is 6.70. The van der Waals surface area contributed by atoms with Crippen LogP contribution in [0.5, 0.6) is 0 Å². The van der Waals surface area contributed by atoms with Gasteiger partial charge in [-0.1, -0.05) is 62.2 Å². The van der Waals surface area contributed by atoms with Crippen molar-refractivity contribution in [2.45, 2.75) is 17.9 Å². The minimum Gasteiger partial charge on any atom is -0.373 e. The van der Waals surface area contributed by atoms with E-state index in [0.717, 1.165) is 11.9 Å². The van der Waals surface area contributed by atoms with Crippen molar-refractivity contribution in [2.75, 3.05) is 11.9 Å². The highest BCUT2D eigenvalue weighted by atomic mass is 79.9. The van der Waals surface area contributed by atoms with Gasteiger partial charge in [0, 0.05) is 11.9 Å². The molecule has 0 N–H and O–H groups in total. The molecule has 0 saturated carbocycles. The maximum absolute atomic E-state index is 5.70. The SMILES string of the molecule is CCOC(c1ccccc1)C(Br)CBr. The Bertz CT molecular complexity index is 251. The van der Waals surface area contributed by atoms with Gasteiger partial charge in [0.25, 0.3) is 0 Å². The third-order valence-corrected chi connectivity index (χ3v) is 4.32. The van der Waals surface area contributed by atoms with Crippen LogP contribution in [0.1, 0.15) is 18.6 Å². The van der Waals surface area contributed by atoms with Crippen molar-refractivity contribution in [3.8, 4) is 0 Å². The van der Waals surface area contributed by atoms with Gasteiger partial charge in [-0.3, -0.25) is 0 Å². The van der Waals surface area contributed by atoms with Crippen LogP contribution in [0.4, 0.5) is 0 Å². The Morgan fingerprint density at radius 1 is 1.29 bits per heavy atom. The van der Waals surface area contributed by atoms with Gasteiger partial charge in [0.1, 0.15) is 0 Å². The van der Waals surface area contributed by atoms with Crippen LogP contribution in [0, 0.1) is 0 Å². The summed E-state index contributed by atoms with van der Waals surface area (Å²) in [6, 6.07) is 10.3. The van der Waals surface area contributed by atoms with Crippen LogP contribution in [0.2, 0.25) is 0 Å². The third-order valence-electron chi connectivity index (χ3n) is 1.95. The second kappa shape index (κ2) is 6.59. The summed E-state index contributed by atoms with van der Waals surface area (Å²) in [4.78, 5) is 0.310. The summed E-state index contributed by atoms with van der Waals surface area (Å²) in [7, 11) is 0. The lowest BCUT2D eigenvalue weighted by Gasteiger charge is -2.21. The van der Waals surface area contributed by atoms with E-state index in [1.807, 2.05) is 25.1 Å². The summed E-state index contributed by atoms with van der Waals surface area (Å²) in [5, 5.41) is 0.882. The monoisotopic (exact) mass is 320 g/mol. The van der Waals surface area contributed by atoms with Crippen molar-refractivity contribution in [2.24, 2.45) is 0 Å². The highest BCUT2D eigenvalue weighted by molar-refractivity contribution is 9.12. The maximum Gasteiger partial charge on any atom is 0.0957 e. The Hall–Kier alpha value is 0.140. The van der Waals surface area contributed by atoms with Gasteiger partial charge >= 0.3 is 0 Å². The predicted molar refractivity (Wildman–Crippen MR) is 67.3 cm³/mol. The van der Waals surface area contributed by atoms with Crippen LogP contribution >= 0.6 is 31.9 Å². The quantitative estimate of drug-likeness (QED) is 0.747. The summed E-state index contributed by atoms with van der Waals surface area (Å²) in [6.07, 6.45) is 0.126. The zero-order valence-corrected chi connectivity index (χ0v) is 11.3. The molecule has 14 heavy (non-hydrogen) atoms. The van der Waals surface area contributed by atoms with Crippen LogP contribution in [0.15, 0.2) is 30.3 Å². The molecule has 0 aliphatic carbocycles. The van der Waals surface area contributed by atoms with E-state index in [2.05, 4.69) is 44.0 Å². The Labute approximate surface area is 102 Å². The van der Waals surface area contributed by atoms with Gasteiger partial charge in [-0.05, 0) is 12.5 Å². The van der Waals surface area contributed by atoms with Gasteiger partial charge in [0.15, 0.2) is 0 Å². The van der Waals surface area contributed by atoms with Crippen LogP contribution < -0.4 is 0 Å². The highest BCUT2D eigenvalue weighted by Gasteiger charge is 2.19. The standard InChI is InChI=1S/C11H14Br2O/c1-2-14-11(10(13)8-12)9-6-4-3-5-7-9/h3-7,10-11H,2,8H2,1H3. The summed E-state index contributed by atoms with van der Waals surface area (Å²) in [5.41, 5.74) is 1.22. The minimum absolute atomic E-state index is 0.126. The molecule has 0 saturated heterocycles. The summed E-state index contributed by atoms with van der Waals surface area (Å²) >= 11 is 7.06. The molecular formula is C11H14Br2O. The van der Waals surface area contributed by atoms with E-state index in [0.29, 0.717) is 4.83 Å². The molecule has 0 aliphatic rings.